The summed E-state index contributed by atoms with van der Waals surface area (Å²) >= 11 is 33.7. The van der Waals surface area contributed by atoms with Gasteiger partial charge in [0, 0.05) is 30.8 Å². The SMILES string of the molecule is CC(C)[C@H](N)C(=O)N[C@@H](C)C(=O)N1CCC[C@@H](C(=O)OCC(Cl)(Cl)Cl)N1.CC(C)[C@H](NC(=O)C1(/C=C/c2ccc3ccc([C@@H](C)O)nc3c2)CCC(C)(O)CC1)C(=O)N[C@@H](C)C(=O)N1CCC[C@@H](C(=O)OCC(Cl)(Cl)Cl)N1.CCOC(=O)C1(/C=C/c2ccc3ccc([C@@H](C)OC(C)=O)nc3c2)CCC(C)(O)CC1. The Hall–Kier alpha value is -6.53. The largest absolute Gasteiger partial charge is 0.465 e. The van der Waals surface area contributed by atoms with E-state index in [1.165, 1.54) is 23.9 Å². The van der Waals surface area contributed by atoms with Crippen molar-refractivity contribution >= 4 is 157 Å². The second kappa shape index (κ2) is 39.6. The fourth-order valence-electron chi connectivity index (χ4n) is 12.5. The predicted octanol–water partition coefficient (Wildman–Crippen LogP) is 10.3. The quantitative estimate of drug-likeness (QED) is 0.0189. The maximum absolute atomic E-state index is 14.2. The van der Waals surface area contributed by atoms with Crippen LogP contribution in [0.1, 0.15) is 195 Å². The molecule has 0 unspecified atom stereocenters. The number of esters is 4. The van der Waals surface area contributed by atoms with Crippen LogP contribution in [-0.4, -0.2) is 177 Å². The number of carbonyl (C=O) groups is 9. The van der Waals surface area contributed by atoms with Crippen LogP contribution in [0.25, 0.3) is 34.0 Å². The van der Waals surface area contributed by atoms with Crippen LogP contribution in [0.3, 0.4) is 0 Å². The molecule has 26 nitrogen and oxygen atoms in total. The number of nitrogens with zero attached hydrogens (tertiary/aromatic N) is 4. The van der Waals surface area contributed by atoms with E-state index in [4.69, 9.17) is 94.3 Å². The Morgan fingerprint density at radius 1 is 0.602 bits per heavy atom. The topological polar surface area (TPSA) is 370 Å². The van der Waals surface area contributed by atoms with E-state index in [2.05, 4.69) is 36.8 Å². The lowest BCUT2D eigenvalue weighted by Gasteiger charge is -2.41. The Kier molecular flexibility index (Phi) is 33.1. The number of benzene rings is 2. The van der Waals surface area contributed by atoms with Gasteiger partial charge in [0.2, 0.25) is 25.3 Å². The van der Waals surface area contributed by atoms with Gasteiger partial charge in [-0.3, -0.25) is 58.2 Å². The van der Waals surface area contributed by atoms with Crippen LogP contribution in [0.15, 0.2) is 72.8 Å². The monoisotopic (exact) mass is 1620 g/mol. The van der Waals surface area contributed by atoms with Crippen molar-refractivity contribution in [3.05, 3.63) is 95.3 Å². The van der Waals surface area contributed by atoms with E-state index in [1.807, 2.05) is 99.7 Å². The highest BCUT2D eigenvalue weighted by molar-refractivity contribution is 6.68. The highest BCUT2D eigenvalue weighted by Gasteiger charge is 2.47. The summed E-state index contributed by atoms with van der Waals surface area (Å²) in [7, 11) is 0. The summed E-state index contributed by atoms with van der Waals surface area (Å²) in [4.78, 5) is 123. The third-order valence-electron chi connectivity index (χ3n) is 19.4. The number of hydrogen-bond acceptors (Lipinski definition) is 21. The van der Waals surface area contributed by atoms with E-state index in [9.17, 15) is 58.5 Å². The summed E-state index contributed by atoms with van der Waals surface area (Å²) in [6, 6.07) is 14.1. The van der Waals surface area contributed by atoms with E-state index < -0.39 is 114 Å². The van der Waals surface area contributed by atoms with Gasteiger partial charge in [0.15, 0.2) is 0 Å². The third kappa shape index (κ3) is 27.2. The number of aliphatic hydroxyl groups is 3. The molecule has 2 saturated heterocycles. The first-order chi connectivity index (χ1) is 50.3. The molecule has 0 bridgehead atoms. The summed E-state index contributed by atoms with van der Waals surface area (Å²) in [5.74, 6) is -4.41. The molecule has 0 radical (unpaired) electrons. The first kappa shape index (κ1) is 90.4. The number of carbonyl (C=O) groups excluding carboxylic acids is 9. The number of aliphatic hydroxyl groups excluding tert-OH is 1. The smallest absolute Gasteiger partial charge is 0.325 e. The van der Waals surface area contributed by atoms with Gasteiger partial charge in [-0.05, 0) is 173 Å². The molecule has 8 atom stereocenters. The highest BCUT2D eigenvalue weighted by Crippen LogP contribution is 2.45. The number of nitrogens with one attached hydrogen (secondary N) is 5. The molecule has 596 valence electrons. The fourth-order valence-corrected chi connectivity index (χ4v) is 12.8. The number of ether oxygens (including phenoxy) is 4. The number of hydrogen-bond donors (Lipinski definition) is 9. The fraction of sp³-hybridized carbons (Fsp3) is 0.592. The second-order valence-corrected chi connectivity index (χ2v) is 34.5. The molecular weight excluding hydrogens is 1520 g/mol. The number of hydrazine groups is 2. The molecule has 2 aliphatic carbocycles. The second-order valence-electron chi connectivity index (χ2n) is 29.5. The zero-order valence-corrected chi connectivity index (χ0v) is 67.7. The average Bonchev–Trinajstić information content (AvgIpc) is 0.782. The van der Waals surface area contributed by atoms with Gasteiger partial charge in [0.25, 0.3) is 11.8 Å². The van der Waals surface area contributed by atoms with E-state index in [0.29, 0.717) is 114 Å². The van der Waals surface area contributed by atoms with Crippen LogP contribution in [0.2, 0.25) is 0 Å². The maximum atomic E-state index is 14.2. The minimum Gasteiger partial charge on any atom is -0.465 e. The van der Waals surface area contributed by atoms with Crippen molar-refractivity contribution in [1.82, 2.24) is 46.8 Å². The molecule has 10 N–H and O–H groups in total. The average molecular weight is 1630 g/mol. The molecule has 32 heteroatoms. The summed E-state index contributed by atoms with van der Waals surface area (Å²) < 4.78 is 17.1. The van der Waals surface area contributed by atoms with E-state index in [0.717, 1.165) is 27.4 Å². The van der Waals surface area contributed by atoms with Gasteiger partial charge in [-0.1, -0.05) is 158 Å². The van der Waals surface area contributed by atoms with Crippen molar-refractivity contribution < 1.29 is 77.4 Å². The lowest BCUT2D eigenvalue weighted by Crippen LogP contribution is -2.61. The number of pyridine rings is 2. The van der Waals surface area contributed by atoms with Crippen LogP contribution in [-0.2, 0) is 62.1 Å². The van der Waals surface area contributed by atoms with Crippen LogP contribution in [0.4, 0.5) is 0 Å². The summed E-state index contributed by atoms with van der Waals surface area (Å²) in [6.07, 6.45) is 12.0. The van der Waals surface area contributed by atoms with Crippen molar-refractivity contribution in [3.8, 4) is 0 Å². The highest BCUT2D eigenvalue weighted by atomic mass is 35.6. The molecule has 5 amide bonds. The first-order valence-electron chi connectivity index (χ1n) is 36.3. The molecule has 2 aliphatic heterocycles. The van der Waals surface area contributed by atoms with E-state index in [-0.39, 0.29) is 42.2 Å². The summed E-state index contributed by atoms with van der Waals surface area (Å²) in [5, 5.41) is 43.8. The Labute approximate surface area is 661 Å². The Morgan fingerprint density at radius 2 is 1.02 bits per heavy atom. The molecule has 0 spiro atoms. The molecular formula is C76H104Cl6N10O16. The van der Waals surface area contributed by atoms with Gasteiger partial charge in [-0.2, -0.15) is 0 Å². The Bertz CT molecular complexity index is 3870. The van der Waals surface area contributed by atoms with Crippen LogP contribution < -0.4 is 32.5 Å². The van der Waals surface area contributed by atoms with Crippen molar-refractivity contribution in [2.24, 2.45) is 28.4 Å². The Balaban J connectivity index is 0.000000273. The van der Waals surface area contributed by atoms with Gasteiger partial charge in [-0.25, -0.2) is 15.8 Å². The Morgan fingerprint density at radius 3 is 1.44 bits per heavy atom. The maximum Gasteiger partial charge on any atom is 0.325 e. The third-order valence-corrected chi connectivity index (χ3v) is 20.0. The van der Waals surface area contributed by atoms with Crippen molar-refractivity contribution in [2.75, 3.05) is 32.9 Å². The number of fused-ring (bicyclic) bond motifs is 2. The molecule has 4 aromatic rings. The van der Waals surface area contributed by atoms with E-state index >= 15 is 0 Å². The van der Waals surface area contributed by atoms with Crippen LogP contribution in [0, 0.1) is 22.7 Å². The standard InChI is InChI=1S/C36H48Cl3N5O7.C25H31NO5.C15H25Cl3N4O4/c1-21(2)29(30(46)40-22(3)31(47)44-18-6-7-27(43-44)32(48)51-20-36(37,38)39)42-33(49)35(16-14-34(5,50)15-17-35)13-12-24-8-9-25-10-11-26(23(4)45)41-28(25)19-24;1-5-30-23(28)25(14-12-24(4,29)13-15-25)11-10-19-6-7-20-8-9-21(26-22(20)16-19)17(2)31-18(3)27;1-8(2)11(19)12(23)20-9(3)13(24)22-6-4-5-10(21-22)14(25)26-7-15(16,17)18/h8-13,19,21-23,27,29,43,45,50H,6-7,14-18,20H2,1-5H3,(H,40,46)(H,42,49);6-11,16-17,29H,5,12-15H2,1-4H3;8-11,21H,4-7,19H2,1-3H3,(H,20,23)/b13-12+;11-10+;/t22-,23+,27-,29-,34?,35?;17-,24?,25?;9-,10-,11-/m010/s1. The predicted molar refractivity (Wildman–Crippen MR) is 415 cm³/mol. The summed E-state index contributed by atoms with van der Waals surface area (Å²) in [5.41, 5.74) is 12.4. The zero-order chi connectivity index (χ0) is 80.4. The zero-order valence-electron chi connectivity index (χ0n) is 63.2. The number of amides is 5. The molecule has 4 aliphatic rings. The number of halogens is 6. The number of rotatable bonds is 23. The van der Waals surface area contributed by atoms with Gasteiger partial charge in [0.05, 0.1) is 63.2 Å². The molecule has 4 heterocycles. The van der Waals surface area contributed by atoms with Crippen LogP contribution >= 0.6 is 69.6 Å². The van der Waals surface area contributed by atoms with Gasteiger partial charge < -0.3 is 56.0 Å². The lowest BCUT2D eigenvalue weighted by molar-refractivity contribution is -0.157. The first-order valence-corrected chi connectivity index (χ1v) is 38.6. The normalized spacial score (nSPS) is 23.7. The molecule has 4 fully saturated rings. The summed E-state index contributed by atoms with van der Waals surface area (Å²) in [6.45, 7) is 20.7. The van der Waals surface area contributed by atoms with E-state index in [1.54, 1.807) is 54.5 Å². The number of alkyl halides is 6. The lowest BCUT2D eigenvalue weighted by atomic mass is 9.68. The molecule has 108 heavy (non-hydrogen) atoms. The van der Waals surface area contributed by atoms with Gasteiger partial charge >= 0.3 is 23.9 Å². The number of nitrogens with two attached hydrogens (primary N) is 1. The molecule has 2 aromatic heterocycles. The van der Waals surface area contributed by atoms with Crippen molar-refractivity contribution in [1.29, 1.82) is 0 Å². The van der Waals surface area contributed by atoms with Crippen molar-refractivity contribution in [3.63, 3.8) is 0 Å². The number of aromatic nitrogens is 2. The minimum atomic E-state index is -1.77. The van der Waals surface area contributed by atoms with Gasteiger partial charge in [0.1, 0.15) is 49.5 Å². The molecule has 8 rings (SSSR count). The minimum absolute atomic E-state index is 0.0533. The molecule has 2 saturated carbocycles. The van der Waals surface area contributed by atoms with Crippen molar-refractivity contribution in [2.45, 2.75) is 227 Å². The molecule has 2 aromatic carbocycles. The van der Waals surface area contributed by atoms with Gasteiger partial charge in [-0.15, -0.1) is 0 Å². The van der Waals surface area contributed by atoms with Crippen LogP contribution in [0.5, 0.6) is 0 Å².